The molecule has 1 aliphatic rings. The maximum Gasteiger partial charge on any atom is 0.191 e. The molecule has 5 heteroatoms. The van der Waals surface area contributed by atoms with E-state index in [1.807, 2.05) is 18.2 Å². The van der Waals surface area contributed by atoms with E-state index in [9.17, 15) is 0 Å². The van der Waals surface area contributed by atoms with Gasteiger partial charge in [0.15, 0.2) is 5.96 Å². The number of ether oxygens (including phenoxy) is 2. The van der Waals surface area contributed by atoms with Crippen molar-refractivity contribution in [1.29, 1.82) is 0 Å². The molecular formula is C16H25N3O2. The van der Waals surface area contributed by atoms with Gasteiger partial charge in [-0.25, -0.2) is 0 Å². The average molecular weight is 291 g/mol. The quantitative estimate of drug-likeness (QED) is 0.435. The molecule has 0 aromatic heterocycles. The van der Waals surface area contributed by atoms with Crippen molar-refractivity contribution in [2.75, 3.05) is 33.9 Å². The molecule has 1 aromatic carbocycles. The Kier molecular flexibility index (Phi) is 6.34. The number of para-hydroxylation sites is 1. The molecule has 0 atom stereocenters. The maximum atomic E-state index is 5.91. The van der Waals surface area contributed by atoms with Gasteiger partial charge in [-0.1, -0.05) is 18.2 Å². The van der Waals surface area contributed by atoms with Crippen molar-refractivity contribution >= 4 is 5.96 Å². The van der Waals surface area contributed by atoms with Crippen LogP contribution in [-0.2, 0) is 11.3 Å². The summed E-state index contributed by atoms with van der Waals surface area (Å²) < 4.78 is 10.9. The molecule has 1 aliphatic carbocycles. The van der Waals surface area contributed by atoms with E-state index in [0.717, 1.165) is 36.3 Å². The Morgan fingerprint density at radius 1 is 1.29 bits per heavy atom. The van der Waals surface area contributed by atoms with Gasteiger partial charge in [0.05, 0.1) is 13.2 Å². The first-order valence-electron chi connectivity index (χ1n) is 7.47. The number of methoxy groups -OCH3 is 1. The van der Waals surface area contributed by atoms with Crippen LogP contribution in [0.15, 0.2) is 29.3 Å². The molecule has 0 radical (unpaired) electrons. The zero-order valence-electron chi connectivity index (χ0n) is 12.9. The number of guanidine groups is 1. The van der Waals surface area contributed by atoms with E-state index in [1.54, 1.807) is 14.2 Å². The van der Waals surface area contributed by atoms with Crippen LogP contribution in [0.1, 0.15) is 18.4 Å². The zero-order valence-corrected chi connectivity index (χ0v) is 12.9. The molecule has 0 amide bonds. The van der Waals surface area contributed by atoms with E-state index in [2.05, 4.69) is 21.7 Å². The van der Waals surface area contributed by atoms with Crippen LogP contribution in [0.4, 0.5) is 0 Å². The van der Waals surface area contributed by atoms with Gasteiger partial charge in [-0.05, 0) is 24.8 Å². The largest absolute Gasteiger partial charge is 0.493 e. The Balaban J connectivity index is 1.83. The SMILES string of the molecule is CN=C(NCCOC)NCc1ccccc1OCC1CC1. The van der Waals surface area contributed by atoms with Crippen molar-refractivity contribution in [3.05, 3.63) is 29.8 Å². The number of hydrogen-bond acceptors (Lipinski definition) is 3. The fraction of sp³-hybridized carbons (Fsp3) is 0.562. The molecule has 1 aromatic rings. The van der Waals surface area contributed by atoms with Gasteiger partial charge in [-0.3, -0.25) is 4.99 Å². The second kappa shape index (κ2) is 8.52. The second-order valence-corrected chi connectivity index (χ2v) is 5.21. The third kappa shape index (κ3) is 5.63. The Morgan fingerprint density at radius 3 is 2.81 bits per heavy atom. The van der Waals surface area contributed by atoms with E-state index in [-0.39, 0.29) is 0 Å². The van der Waals surface area contributed by atoms with Gasteiger partial charge >= 0.3 is 0 Å². The Bertz CT molecular complexity index is 459. The van der Waals surface area contributed by atoms with E-state index < -0.39 is 0 Å². The summed E-state index contributed by atoms with van der Waals surface area (Å²) in [6.07, 6.45) is 2.60. The highest BCUT2D eigenvalue weighted by atomic mass is 16.5. The second-order valence-electron chi connectivity index (χ2n) is 5.21. The van der Waals surface area contributed by atoms with Gasteiger partial charge in [0.1, 0.15) is 5.75 Å². The first-order chi connectivity index (χ1) is 10.3. The van der Waals surface area contributed by atoms with Gasteiger partial charge < -0.3 is 20.1 Å². The number of rotatable bonds is 8. The summed E-state index contributed by atoms with van der Waals surface area (Å²) in [6.45, 7) is 2.91. The van der Waals surface area contributed by atoms with Gasteiger partial charge in [0, 0.05) is 32.8 Å². The predicted molar refractivity (Wildman–Crippen MR) is 84.7 cm³/mol. The highest BCUT2D eigenvalue weighted by molar-refractivity contribution is 5.79. The first kappa shape index (κ1) is 15.6. The fourth-order valence-electron chi connectivity index (χ4n) is 1.95. The molecular weight excluding hydrogens is 266 g/mol. The molecule has 2 N–H and O–H groups in total. The van der Waals surface area contributed by atoms with Crippen LogP contribution < -0.4 is 15.4 Å². The van der Waals surface area contributed by atoms with Gasteiger partial charge in [-0.2, -0.15) is 0 Å². The Labute approximate surface area is 126 Å². The minimum absolute atomic E-state index is 0.655. The van der Waals surface area contributed by atoms with E-state index in [1.165, 1.54) is 12.8 Å². The molecule has 0 saturated heterocycles. The van der Waals surface area contributed by atoms with Crippen molar-refractivity contribution in [2.45, 2.75) is 19.4 Å². The molecule has 116 valence electrons. The third-order valence-electron chi connectivity index (χ3n) is 3.41. The minimum Gasteiger partial charge on any atom is -0.493 e. The highest BCUT2D eigenvalue weighted by Gasteiger charge is 2.22. The van der Waals surface area contributed by atoms with E-state index in [4.69, 9.17) is 9.47 Å². The first-order valence-corrected chi connectivity index (χ1v) is 7.47. The lowest BCUT2D eigenvalue weighted by Crippen LogP contribution is -2.38. The van der Waals surface area contributed by atoms with Crippen LogP contribution in [0.5, 0.6) is 5.75 Å². The lowest BCUT2D eigenvalue weighted by molar-refractivity contribution is 0.203. The number of nitrogens with one attached hydrogen (secondary N) is 2. The monoisotopic (exact) mass is 291 g/mol. The molecule has 21 heavy (non-hydrogen) atoms. The van der Waals surface area contributed by atoms with Gasteiger partial charge in [0.2, 0.25) is 0 Å². The zero-order chi connectivity index (χ0) is 14.9. The summed E-state index contributed by atoms with van der Waals surface area (Å²) in [6, 6.07) is 8.15. The molecule has 0 heterocycles. The standard InChI is InChI=1S/C16H25N3O2/c1-17-16(18-9-10-20-2)19-11-14-5-3-4-6-15(14)21-12-13-7-8-13/h3-6,13H,7-12H2,1-2H3,(H2,17,18,19). The van der Waals surface area contributed by atoms with Crippen LogP contribution in [0.25, 0.3) is 0 Å². The third-order valence-corrected chi connectivity index (χ3v) is 3.41. The number of benzene rings is 1. The molecule has 5 nitrogen and oxygen atoms in total. The lowest BCUT2D eigenvalue weighted by Gasteiger charge is -2.14. The Hall–Kier alpha value is -1.75. The lowest BCUT2D eigenvalue weighted by atomic mass is 10.2. The van der Waals surface area contributed by atoms with Crippen LogP contribution >= 0.6 is 0 Å². The van der Waals surface area contributed by atoms with Gasteiger partial charge in [0.25, 0.3) is 0 Å². The number of hydrogen-bond donors (Lipinski definition) is 2. The van der Waals surface area contributed by atoms with E-state index >= 15 is 0 Å². The summed E-state index contributed by atoms with van der Waals surface area (Å²) in [4.78, 5) is 4.19. The molecule has 0 bridgehead atoms. The molecule has 0 unspecified atom stereocenters. The summed E-state index contributed by atoms with van der Waals surface area (Å²) in [5.41, 5.74) is 1.15. The van der Waals surface area contributed by atoms with Crippen molar-refractivity contribution < 1.29 is 9.47 Å². The maximum absolute atomic E-state index is 5.91. The molecule has 1 fully saturated rings. The normalized spacial score (nSPS) is 14.9. The molecule has 1 saturated carbocycles. The summed E-state index contributed by atoms with van der Waals surface area (Å²) >= 11 is 0. The highest BCUT2D eigenvalue weighted by Crippen LogP contribution is 2.30. The predicted octanol–water partition coefficient (Wildman–Crippen LogP) is 1.79. The van der Waals surface area contributed by atoms with Crippen LogP contribution in [0.3, 0.4) is 0 Å². The van der Waals surface area contributed by atoms with Gasteiger partial charge in [-0.15, -0.1) is 0 Å². The van der Waals surface area contributed by atoms with Crippen LogP contribution in [-0.4, -0.2) is 39.9 Å². The van der Waals surface area contributed by atoms with Crippen molar-refractivity contribution in [2.24, 2.45) is 10.9 Å². The number of aliphatic imine (C=N–C) groups is 1. The summed E-state index contributed by atoms with van der Waals surface area (Å²) in [5, 5.41) is 6.48. The van der Waals surface area contributed by atoms with Crippen molar-refractivity contribution in [3.8, 4) is 5.75 Å². The van der Waals surface area contributed by atoms with Crippen LogP contribution in [0, 0.1) is 5.92 Å². The summed E-state index contributed by atoms with van der Waals surface area (Å²) in [7, 11) is 3.45. The molecule has 2 rings (SSSR count). The average Bonchev–Trinajstić information content (AvgIpc) is 3.34. The van der Waals surface area contributed by atoms with Crippen molar-refractivity contribution in [3.63, 3.8) is 0 Å². The molecule has 0 spiro atoms. The van der Waals surface area contributed by atoms with Crippen LogP contribution in [0.2, 0.25) is 0 Å². The summed E-state index contributed by atoms with van der Waals surface area (Å²) in [5.74, 6) is 2.49. The molecule has 0 aliphatic heterocycles. The van der Waals surface area contributed by atoms with E-state index in [0.29, 0.717) is 13.2 Å². The Morgan fingerprint density at radius 2 is 2.10 bits per heavy atom. The topological polar surface area (TPSA) is 54.9 Å². The smallest absolute Gasteiger partial charge is 0.191 e. The minimum atomic E-state index is 0.655. The van der Waals surface area contributed by atoms with Crippen molar-refractivity contribution in [1.82, 2.24) is 10.6 Å². The fourth-order valence-corrected chi connectivity index (χ4v) is 1.95. The number of nitrogens with zero attached hydrogens (tertiary/aromatic N) is 1.